The lowest BCUT2D eigenvalue weighted by molar-refractivity contribution is -0.135. The third-order valence-electron chi connectivity index (χ3n) is 4.21. The Morgan fingerprint density at radius 1 is 1.11 bits per heavy atom. The average Bonchev–Trinajstić information content (AvgIpc) is 3.08. The highest BCUT2D eigenvalue weighted by Gasteiger charge is 2.26. The van der Waals surface area contributed by atoms with Crippen LogP contribution in [-0.4, -0.2) is 41.2 Å². The maximum Gasteiger partial charge on any atom is 0.331 e. The zero-order valence-corrected chi connectivity index (χ0v) is 16.0. The number of hydrogen-bond donors (Lipinski definition) is 1. The van der Waals surface area contributed by atoms with Gasteiger partial charge in [0.2, 0.25) is 0 Å². The highest BCUT2D eigenvalue weighted by Crippen LogP contribution is 2.33. The second-order valence-electron chi connectivity index (χ2n) is 6.03. The molecule has 28 heavy (non-hydrogen) atoms. The van der Waals surface area contributed by atoms with Crippen LogP contribution in [-0.2, 0) is 14.3 Å². The van der Waals surface area contributed by atoms with Crippen molar-refractivity contribution in [3.63, 3.8) is 0 Å². The molecule has 1 aliphatic heterocycles. The molecule has 0 spiro atoms. The van der Waals surface area contributed by atoms with Crippen molar-refractivity contribution < 1.29 is 14.3 Å². The summed E-state index contributed by atoms with van der Waals surface area (Å²) in [6.45, 7) is 0. The molecule has 0 aliphatic carbocycles. The van der Waals surface area contributed by atoms with E-state index >= 15 is 0 Å². The minimum absolute atomic E-state index is 0.222. The quantitative estimate of drug-likeness (QED) is 0.317. The minimum Gasteiger partial charge on any atom is -0.466 e. The van der Waals surface area contributed by atoms with E-state index in [-0.39, 0.29) is 4.91 Å². The smallest absolute Gasteiger partial charge is 0.331 e. The van der Waals surface area contributed by atoms with E-state index in [0.29, 0.717) is 5.17 Å². The van der Waals surface area contributed by atoms with Gasteiger partial charge < -0.3 is 4.74 Å². The third kappa shape index (κ3) is 3.29. The van der Waals surface area contributed by atoms with Crippen LogP contribution in [0.2, 0.25) is 0 Å². The summed E-state index contributed by atoms with van der Waals surface area (Å²) in [6, 6.07) is 15.7. The van der Waals surface area contributed by atoms with Crippen LogP contribution in [0.15, 0.2) is 64.5 Å². The van der Waals surface area contributed by atoms with Gasteiger partial charge in [0.15, 0.2) is 5.17 Å². The van der Waals surface area contributed by atoms with E-state index in [9.17, 15) is 9.59 Å². The van der Waals surface area contributed by atoms with E-state index in [0.717, 1.165) is 45.3 Å². The Bertz CT molecular complexity index is 1120. The van der Waals surface area contributed by atoms with Crippen molar-refractivity contribution in [2.45, 2.75) is 0 Å². The van der Waals surface area contributed by atoms with Crippen molar-refractivity contribution in [1.82, 2.24) is 9.99 Å². The first-order valence-electron chi connectivity index (χ1n) is 8.45. The molecule has 0 fully saturated rings. The lowest BCUT2D eigenvalue weighted by Crippen LogP contribution is -2.29. The fourth-order valence-corrected chi connectivity index (χ4v) is 3.68. The van der Waals surface area contributed by atoms with E-state index in [2.05, 4.69) is 15.2 Å². The van der Waals surface area contributed by atoms with Crippen molar-refractivity contribution >= 4 is 56.3 Å². The second kappa shape index (κ2) is 7.32. The normalized spacial score (nSPS) is 15.1. The molecule has 1 N–H and O–H groups in total. The fraction of sp³-hybridized carbons (Fsp3) is 0.100. The second-order valence-corrected chi connectivity index (χ2v) is 7.03. The van der Waals surface area contributed by atoms with E-state index in [1.807, 2.05) is 48.5 Å². The lowest BCUT2D eigenvalue weighted by atomic mass is 10.1. The molecule has 8 heteroatoms. The zero-order valence-electron chi connectivity index (χ0n) is 15.2. The predicted octanol–water partition coefficient (Wildman–Crippen LogP) is 3.33. The number of rotatable bonds is 3. The number of fused-ring (bicyclic) bond motifs is 2. The van der Waals surface area contributed by atoms with Crippen molar-refractivity contribution in [2.24, 2.45) is 4.99 Å². The molecule has 140 valence electrons. The van der Waals surface area contributed by atoms with Gasteiger partial charge in [-0.05, 0) is 23.9 Å². The predicted molar refractivity (Wildman–Crippen MR) is 111 cm³/mol. The van der Waals surface area contributed by atoms with Gasteiger partial charge in [-0.25, -0.2) is 9.78 Å². The molecule has 2 aromatic carbocycles. The van der Waals surface area contributed by atoms with Crippen LogP contribution >= 0.6 is 11.8 Å². The third-order valence-corrected chi connectivity index (χ3v) is 5.27. The summed E-state index contributed by atoms with van der Waals surface area (Å²) in [4.78, 5) is 32.4. The number of carbonyl (C=O) groups is 2. The Labute approximate surface area is 165 Å². The van der Waals surface area contributed by atoms with E-state index in [4.69, 9.17) is 4.98 Å². The molecule has 1 amide bonds. The van der Waals surface area contributed by atoms with Gasteiger partial charge in [0, 0.05) is 23.9 Å². The van der Waals surface area contributed by atoms with Crippen LogP contribution in [0.5, 0.6) is 0 Å². The zero-order chi connectivity index (χ0) is 19.7. The molecule has 1 aliphatic rings. The molecular weight excluding hydrogens is 376 g/mol. The van der Waals surface area contributed by atoms with Crippen LogP contribution in [0.4, 0.5) is 5.69 Å². The molecule has 0 unspecified atom stereocenters. The molecule has 0 saturated heterocycles. The van der Waals surface area contributed by atoms with Crippen molar-refractivity contribution in [3.8, 4) is 0 Å². The van der Waals surface area contributed by atoms with E-state index in [1.165, 1.54) is 7.11 Å². The number of para-hydroxylation sites is 2. The number of amides is 1. The number of aliphatic imine (C=N–C) groups is 1. The molecule has 0 saturated carbocycles. The number of nitrogens with one attached hydrogen (secondary N) is 1. The van der Waals surface area contributed by atoms with E-state index < -0.39 is 11.9 Å². The van der Waals surface area contributed by atoms with Gasteiger partial charge in [-0.1, -0.05) is 36.4 Å². The summed E-state index contributed by atoms with van der Waals surface area (Å²) < 4.78 is 4.58. The molecular formula is C20H16N4O3S. The summed E-state index contributed by atoms with van der Waals surface area (Å²) >= 11 is 1.11. The standard InChI is InChI=1S/C20H16N4O3S/c1-24(20-22-19(26)16(28-20)11-17(25)27-2)23-18-12-7-3-5-9-14(12)21-15-10-6-4-8-13(15)18/h3-11H,1-2H3,(H,21,23)/b16-11-. The minimum atomic E-state index is -0.589. The van der Waals surface area contributed by atoms with Gasteiger partial charge in [-0.15, -0.1) is 0 Å². The number of ether oxygens (including phenoxy) is 1. The number of methoxy groups -OCH3 is 1. The Hall–Kier alpha value is -3.39. The largest absolute Gasteiger partial charge is 0.466 e. The number of amidine groups is 1. The first-order chi connectivity index (χ1) is 13.6. The maximum absolute atomic E-state index is 12.1. The monoisotopic (exact) mass is 392 g/mol. The molecule has 2 heterocycles. The van der Waals surface area contributed by atoms with Gasteiger partial charge in [0.25, 0.3) is 5.91 Å². The SMILES string of the molecule is COC(=O)/C=C1\SC(N(C)Nc2c3ccccc3nc3ccccc23)=NC1=O. The highest BCUT2D eigenvalue weighted by atomic mass is 32.2. The van der Waals surface area contributed by atoms with Crippen molar-refractivity contribution in [2.75, 3.05) is 19.6 Å². The Balaban J connectivity index is 1.70. The maximum atomic E-state index is 12.1. The number of hydrazine groups is 1. The number of esters is 1. The topological polar surface area (TPSA) is 83.9 Å². The van der Waals surface area contributed by atoms with Crippen LogP contribution in [0.1, 0.15) is 0 Å². The number of nitrogens with zero attached hydrogens (tertiary/aromatic N) is 3. The first-order valence-corrected chi connectivity index (χ1v) is 9.27. The number of anilines is 1. The van der Waals surface area contributed by atoms with Crippen molar-refractivity contribution in [3.05, 3.63) is 59.5 Å². The lowest BCUT2D eigenvalue weighted by Gasteiger charge is -2.22. The summed E-state index contributed by atoms with van der Waals surface area (Å²) in [5.41, 5.74) is 5.91. The van der Waals surface area contributed by atoms with Crippen LogP contribution < -0.4 is 5.43 Å². The fourth-order valence-electron chi connectivity index (χ4n) is 2.88. The number of pyridine rings is 1. The molecule has 1 aromatic heterocycles. The Morgan fingerprint density at radius 3 is 2.32 bits per heavy atom. The van der Waals surface area contributed by atoms with Gasteiger partial charge in [0.1, 0.15) is 0 Å². The summed E-state index contributed by atoms with van der Waals surface area (Å²) in [7, 11) is 3.03. The molecule has 0 radical (unpaired) electrons. The Morgan fingerprint density at radius 2 is 1.71 bits per heavy atom. The number of hydrogen-bond acceptors (Lipinski definition) is 7. The number of aromatic nitrogens is 1. The van der Waals surface area contributed by atoms with Crippen LogP contribution in [0.25, 0.3) is 21.8 Å². The molecule has 0 atom stereocenters. The first kappa shape index (κ1) is 18.0. The molecule has 4 rings (SSSR count). The van der Waals surface area contributed by atoms with Crippen molar-refractivity contribution in [1.29, 1.82) is 0 Å². The number of thioether (sulfide) groups is 1. The van der Waals surface area contributed by atoms with Gasteiger partial charge in [-0.2, -0.15) is 4.99 Å². The average molecular weight is 392 g/mol. The van der Waals surface area contributed by atoms with Crippen LogP contribution in [0.3, 0.4) is 0 Å². The van der Waals surface area contributed by atoms with Gasteiger partial charge in [-0.3, -0.25) is 15.2 Å². The summed E-state index contributed by atoms with van der Waals surface area (Å²) in [5, 5.41) is 4.00. The summed E-state index contributed by atoms with van der Waals surface area (Å²) in [6.07, 6.45) is 1.15. The number of benzene rings is 2. The van der Waals surface area contributed by atoms with Gasteiger partial charge >= 0.3 is 5.97 Å². The Kier molecular flexibility index (Phi) is 4.70. The van der Waals surface area contributed by atoms with E-state index in [1.54, 1.807) is 12.1 Å². The molecule has 0 bridgehead atoms. The van der Waals surface area contributed by atoms with Gasteiger partial charge in [0.05, 0.1) is 28.7 Å². The molecule has 7 nitrogen and oxygen atoms in total. The highest BCUT2D eigenvalue weighted by molar-refractivity contribution is 8.18. The summed E-state index contributed by atoms with van der Waals surface area (Å²) in [5.74, 6) is -1.06. The van der Waals surface area contributed by atoms with Crippen LogP contribution in [0, 0.1) is 0 Å². The molecule has 3 aromatic rings. The number of carbonyl (C=O) groups excluding carboxylic acids is 2.